The van der Waals surface area contributed by atoms with Gasteiger partial charge in [-0.25, -0.2) is 0 Å². The van der Waals surface area contributed by atoms with Crippen molar-refractivity contribution in [1.29, 1.82) is 0 Å². The van der Waals surface area contributed by atoms with Crippen LogP contribution in [0.5, 0.6) is 6.01 Å². The first-order valence-electron chi connectivity index (χ1n) is 7.06. The molecule has 2 rings (SSSR count). The van der Waals surface area contributed by atoms with E-state index in [-0.39, 0.29) is 11.3 Å². The van der Waals surface area contributed by atoms with Gasteiger partial charge in [0.1, 0.15) is 0 Å². The predicted octanol–water partition coefficient (Wildman–Crippen LogP) is 3.31. The van der Waals surface area contributed by atoms with Gasteiger partial charge in [0.05, 0.1) is 6.61 Å². The average molecular weight is 285 g/mol. The minimum atomic E-state index is 0.164. The van der Waals surface area contributed by atoms with Crippen molar-refractivity contribution in [3.63, 3.8) is 0 Å². The highest BCUT2D eigenvalue weighted by atomic mass is 35.5. The highest BCUT2D eigenvalue weighted by Gasteiger charge is 2.14. The van der Waals surface area contributed by atoms with Crippen LogP contribution in [0.3, 0.4) is 0 Å². The first-order valence-corrected chi connectivity index (χ1v) is 7.44. The highest BCUT2D eigenvalue weighted by molar-refractivity contribution is 6.28. The molecule has 0 saturated heterocycles. The second kappa shape index (κ2) is 7.48. The van der Waals surface area contributed by atoms with E-state index in [2.05, 4.69) is 20.3 Å². The number of nitrogens with one attached hydrogen (secondary N) is 1. The largest absolute Gasteiger partial charge is 0.464 e. The number of anilines is 1. The van der Waals surface area contributed by atoms with E-state index in [9.17, 15) is 0 Å². The summed E-state index contributed by atoms with van der Waals surface area (Å²) in [5.41, 5.74) is 0. The molecule has 0 bridgehead atoms. The van der Waals surface area contributed by atoms with Crippen LogP contribution in [0.25, 0.3) is 0 Å². The minimum absolute atomic E-state index is 0.164. The van der Waals surface area contributed by atoms with Crippen LogP contribution in [-0.4, -0.2) is 28.1 Å². The standard InChI is InChI=1S/C13H21ClN4O/c1-2-19-13-17-11(14)16-12(18-13)15-9-5-8-10-6-3-4-7-10/h10H,2-9H2,1H3,(H,15,16,17,18). The zero-order chi connectivity index (χ0) is 13.5. The average Bonchev–Trinajstić information content (AvgIpc) is 2.87. The van der Waals surface area contributed by atoms with Gasteiger partial charge in [0.2, 0.25) is 11.2 Å². The van der Waals surface area contributed by atoms with Crippen molar-refractivity contribution in [2.45, 2.75) is 45.4 Å². The Morgan fingerprint density at radius 3 is 2.79 bits per heavy atom. The summed E-state index contributed by atoms with van der Waals surface area (Å²) >= 11 is 5.82. The first-order chi connectivity index (χ1) is 9.28. The summed E-state index contributed by atoms with van der Waals surface area (Å²) in [5, 5.41) is 3.35. The van der Waals surface area contributed by atoms with Crippen molar-refractivity contribution < 1.29 is 4.74 Å². The number of rotatable bonds is 7. The zero-order valence-corrected chi connectivity index (χ0v) is 12.1. The SMILES string of the molecule is CCOc1nc(Cl)nc(NCCCC2CCCC2)n1. The van der Waals surface area contributed by atoms with Gasteiger partial charge in [-0.15, -0.1) is 0 Å². The summed E-state index contributed by atoms with van der Waals surface area (Å²) in [6.07, 6.45) is 8.01. The van der Waals surface area contributed by atoms with E-state index >= 15 is 0 Å². The Bertz CT molecular complexity index is 396. The molecular formula is C13H21ClN4O. The third kappa shape index (κ3) is 4.82. The normalized spacial score (nSPS) is 15.7. The lowest BCUT2D eigenvalue weighted by Crippen LogP contribution is -2.09. The van der Waals surface area contributed by atoms with E-state index in [0.717, 1.165) is 18.9 Å². The van der Waals surface area contributed by atoms with Crippen LogP contribution in [0.15, 0.2) is 0 Å². The lowest BCUT2D eigenvalue weighted by atomic mass is 10.0. The molecule has 0 amide bonds. The fraction of sp³-hybridized carbons (Fsp3) is 0.769. The first kappa shape index (κ1) is 14.3. The number of hydrogen-bond acceptors (Lipinski definition) is 5. The molecule has 0 atom stereocenters. The summed E-state index contributed by atoms with van der Waals surface area (Å²) in [6.45, 7) is 3.26. The van der Waals surface area contributed by atoms with Crippen molar-refractivity contribution >= 4 is 17.5 Å². The van der Waals surface area contributed by atoms with Gasteiger partial charge in [-0.05, 0) is 37.3 Å². The summed E-state index contributed by atoms with van der Waals surface area (Å²) in [4.78, 5) is 12.1. The fourth-order valence-corrected chi connectivity index (χ4v) is 2.65. The smallest absolute Gasteiger partial charge is 0.322 e. The minimum Gasteiger partial charge on any atom is -0.464 e. The molecule has 0 radical (unpaired) electrons. The van der Waals surface area contributed by atoms with Crippen LogP contribution in [0, 0.1) is 5.92 Å². The van der Waals surface area contributed by atoms with Crippen molar-refractivity contribution in [2.75, 3.05) is 18.5 Å². The van der Waals surface area contributed by atoms with E-state index < -0.39 is 0 Å². The van der Waals surface area contributed by atoms with E-state index in [1.54, 1.807) is 0 Å². The van der Waals surface area contributed by atoms with E-state index in [4.69, 9.17) is 16.3 Å². The zero-order valence-electron chi connectivity index (χ0n) is 11.4. The molecule has 106 valence electrons. The maximum Gasteiger partial charge on any atom is 0.322 e. The summed E-state index contributed by atoms with van der Waals surface area (Å²) in [5.74, 6) is 1.41. The van der Waals surface area contributed by atoms with Crippen molar-refractivity contribution in [3.05, 3.63) is 5.28 Å². The van der Waals surface area contributed by atoms with E-state index in [1.807, 2.05) is 6.92 Å². The molecule has 1 fully saturated rings. The topological polar surface area (TPSA) is 59.9 Å². The Balaban J connectivity index is 1.75. The molecule has 19 heavy (non-hydrogen) atoms. The molecule has 1 N–H and O–H groups in total. The Labute approximate surface area is 119 Å². The van der Waals surface area contributed by atoms with Gasteiger partial charge >= 0.3 is 6.01 Å². The van der Waals surface area contributed by atoms with Crippen LogP contribution in [0.1, 0.15) is 45.4 Å². The maximum atomic E-state index is 5.82. The number of aromatic nitrogens is 3. The van der Waals surface area contributed by atoms with Gasteiger partial charge in [-0.1, -0.05) is 25.7 Å². The summed E-state index contributed by atoms with van der Waals surface area (Å²) in [6, 6.07) is 0.279. The third-order valence-corrected chi connectivity index (χ3v) is 3.58. The van der Waals surface area contributed by atoms with Gasteiger partial charge in [-0.2, -0.15) is 15.0 Å². The number of halogens is 1. The Hall–Kier alpha value is -1.10. The summed E-state index contributed by atoms with van der Waals surface area (Å²) < 4.78 is 5.23. The predicted molar refractivity (Wildman–Crippen MR) is 75.7 cm³/mol. The second-order valence-electron chi connectivity index (χ2n) is 4.86. The monoisotopic (exact) mass is 284 g/mol. The van der Waals surface area contributed by atoms with Gasteiger partial charge in [0.25, 0.3) is 0 Å². The Morgan fingerprint density at radius 1 is 1.26 bits per heavy atom. The molecule has 1 aliphatic rings. The number of nitrogens with zero attached hydrogens (tertiary/aromatic N) is 3. The van der Waals surface area contributed by atoms with Crippen molar-refractivity contribution in [2.24, 2.45) is 5.92 Å². The van der Waals surface area contributed by atoms with Gasteiger partial charge in [0.15, 0.2) is 0 Å². The Kier molecular flexibility index (Phi) is 5.63. The molecule has 1 saturated carbocycles. The highest BCUT2D eigenvalue weighted by Crippen LogP contribution is 2.28. The van der Waals surface area contributed by atoms with Gasteiger partial charge < -0.3 is 10.1 Å². The van der Waals surface area contributed by atoms with Crippen LogP contribution in [0.4, 0.5) is 5.95 Å². The van der Waals surface area contributed by atoms with Gasteiger partial charge in [0, 0.05) is 6.54 Å². The van der Waals surface area contributed by atoms with E-state index in [1.165, 1.54) is 32.1 Å². The second-order valence-corrected chi connectivity index (χ2v) is 5.20. The molecule has 1 aromatic heterocycles. The fourth-order valence-electron chi connectivity index (χ4n) is 2.49. The third-order valence-electron chi connectivity index (χ3n) is 3.41. The molecular weight excluding hydrogens is 264 g/mol. The molecule has 1 aromatic rings. The van der Waals surface area contributed by atoms with Crippen molar-refractivity contribution in [3.8, 4) is 6.01 Å². The molecule has 1 aliphatic carbocycles. The molecule has 0 unspecified atom stereocenters. The molecule has 0 spiro atoms. The lowest BCUT2D eigenvalue weighted by Gasteiger charge is -2.09. The Morgan fingerprint density at radius 2 is 2.05 bits per heavy atom. The number of hydrogen-bond donors (Lipinski definition) is 1. The van der Waals surface area contributed by atoms with Crippen LogP contribution >= 0.6 is 11.6 Å². The molecule has 0 aliphatic heterocycles. The maximum absolute atomic E-state index is 5.82. The number of ether oxygens (including phenoxy) is 1. The molecule has 1 heterocycles. The lowest BCUT2D eigenvalue weighted by molar-refractivity contribution is 0.312. The molecule has 6 heteroatoms. The summed E-state index contributed by atoms with van der Waals surface area (Å²) in [7, 11) is 0. The van der Waals surface area contributed by atoms with Crippen LogP contribution in [0.2, 0.25) is 5.28 Å². The van der Waals surface area contributed by atoms with Crippen LogP contribution in [-0.2, 0) is 0 Å². The molecule has 0 aromatic carbocycles. The van der Waals surface area contributed by atoms with Crippen molar-refractivity contribution in [1.82, 2.24) is 15.0 Å². The van der Waals surface area contributed by atoms with Crippen LogP contribution < -0.4 is 10.1 Å². The quantitative estimate of drug-likeness (QED) is 0.779. The van der Waals surface area contributed by atoms with Gasteiger partial charge in [-0.3, -0.25) is 0 Å². The van der Waals surface area contributed by atoms with E-state index in [0.29, 0.717) is 12.6 Å². The molecule has 5 nitrogen and oxygen atoms in total.